The topological polar surface area (TPSA) is 67.1 Å². The van der Waals surface area contributed by atoms with Crippen LogP contribution in [0.1, 0.15) is 16.2 Å². The Morgan fingerprint density at radius 3 is 2.80 bits per heavy atom. The standard InChI is InChI=1S/C7H8BrN3O2.2ClH/c8-7-10-5(6(12)13)4-3-9-1-2-11(4)7;;/h9H,1-3H2,(H,12,13);2*1H. The lowest BCUT2D eigenvalue weighted by atomic mass is 10.3. The maximum Gasteiger partial charge on any atom is 0.356 e. The van der Waals surface area contributed by atoms with Crippen molar-refractivity contribution in [3.8, 4) is 0 Å². The summed E-state index contributed by atoms with van der Waals surface area (Å²) in [5.41, 5.74) is 0.879. The van der Waals surface area contributed by atoms with Crippen molar-refractivity contribution < 1.29 is 9.90 Å². The van der Waals surface area contributed by atoms with Crippen molar-refractivity contribution in [1.29, 1.82) is 0 Å². The number of carboxylic acid groups (broad SMARTS) is 1. The third kappa shape index (κ3) is 2.63. The fraction of sp³-hybridized carbons (Fsp3) is 0.429. The molecule has 86 valence electrons. The Balaban J connectivity index is 0.000000980. The third-order valence-electron chi connectivity index (χ3n) is 2.03. The lowest BCUT2D eigenvalue weighted by Gasteiger charge is -2.16. The van der Waals surface area contributed by atoms with Crippen molar-refractivity contribution in [3.05, 3.63) is 16.1 Å². The molecule has 0 radical (unpaired) electrons. The molecule has 0 amide bonds. The summed E-state index contributed by atoms with van der Waals surface area (Å²) in [6.45, 7) is 2.18. The van der Waals surface area contributed by atoms with Crippen LogP contribution in [-0.4, -0.2) is 27.2 Å². The number of carbonyl (C=O) groups is 1. The van der Waals surface area contributed by atoms with Crippen LogP contribution >= 0.6 is 40.7 Å². The highest BCUT2D eigenvalue weighted by Gasteiger charge is 2.22. The van der Waals surface area contributed by atoms with Crippen LogP contribution in [0.5, 0.6) is 0 Å². The van der Waals surface area contributed by atoms with Gasteiger partial charge in [0.2, 0.25) is 0 Å². The van der Waals surface area contributed by atoms with E-state index in [2.05, 4.69) is 26.2 Å². The summed E-state index contributed by atoms with van der Waals surface area (Å²) in [6, 6.07) is 0. The van der Waals surface area contributed by atoms with Gasteiger partial charge in [0.1, 0.15) is 0 Å². The maximum atomic E-state index is 10.8. The molecule has 5 nitrogen and oxygen atoms in total. The predicted molar refractivity (Wildman–Crippen MR) is 63.1 cm³/mol. The average molecular weight is 319 g/mol. The number of imidazole rings is 1. The molecule has 1 aliphatic heterocycles. The predicted octanol–water partition coefficient (Wildman–Crippen LogP) is 1.29. The smallest absolute Gasteiger partial charge is 0.356 e. The first-order valence-electron chi connectivity index (χ1n) is 3.89. The Bertz CT molecular complexity index is 369. The van der Waals surface area contributed by atoms with Gasteiger partial charge in [-0.3, -0.25) is 0 Å². The van der Waals surface area contributed by atoms with E-state index in [0.29, 0.717) is 11.3 Å². The van der Waals surface area contributed by atoms with Crippen LogP contribution in [0, 0.1) is 0 Å². The number of aromatic nitrogens is 2. The Morgan fingerprint density at radius 2 is 2.20 bits per heavy atom. The molecule has 1 aromatic rings. The van der Waals surface area contributed by atoms with Crippen LogP contribution in [0.3, 0.4) is 0 Å². The molecule has 2 heterocycles. The van der Waals surface area contributed by atoms with Gasteiger partial charge in [0, 0.05) is 19.6 Å². The molecule has 0 bridgehead atoms. The summed E-state index contributed by atoms with van der Waals surface area (Å²) < 4.78 is 2.47. The quantitative estimate of drug-likeness (QED) is 0.819. The van der Waals surface area contributed by atoms with Gasteiger partial charge in [-0.2, -0.15) is 0 Å². The number of nitrogens with zero attached hydrogens (tertiary/aromatic N) is 2. The van der Waals surface area contributed by atoms with E-state index in [9.17, 15) is 4.79 Å². The van der Waals surface area contributed by atoms with Crippen LogP contribution in [0.15, 0.2) is 4.73 Å². The number of hydrogen-bond donors (Lipinski definition) is 2. The number of rotatable bonds is 1. The van der Waals surface area contributed by atoms with E-state index in [0.717, 1.165) is 18.8 Å². The maximum absolute atomic E-state index is 10.8. The number of hydrogen-bond acceptors (Lipinski definition) is 3. The molecule has 2 rings (SSSR count). The number of fused-ring (bicyclic) bond motifs is 1. The second kappa shape index (κ2) is 5.69. The number of nitrogens with one attached hydrogen (secondary N) is 1. The van der Waals surface area contributed by atoms with E-state index in [1.807, 2.05) is 4.57 Å². The summed E-state index contributed by atoms with van der Waals surface area (Å²) in [6.07, 6.45) is 0. The van der Waals surface area contributed by atoms with Crippen LogP contribution in [0.25, 0.3) is 0 Å². The van der Waals surface area contributed by atoms with E-state index in [1.54, 1.807) is 0 Å². The monoisotopic (exact) mass is 317 g/mol. The van der Waals surface area contributed by atoms with Gasteiger partial charge in [-0.15, -0.1) is 24.8 Å². The first kappa shape index (κ1) is 14.7. The molecule has 0 atom stereocenters. The molecule has 0 unspecified atom stereocenters. The highest BCUT2D eigenvalue weighted by atomic mass is 79.9. The molecule has 0 saturated heterocycles. The van der Waals surface area contributed by atoms with Crippen molar-refractivity contribution in [3.63, 3.8) is 0 Å². The molecule has 1 aliphatic rings. The molecule has 0 spiro atoms. The Labute approximate surface area is 107 Å². The summed E-state index contributed by atoms with van der Waals surface area (Å²) >= 11 is 3.23. The minimum Gasteiger partial charge on any atom is -0.476 e. The van der Waals surface area contributed by atoms with Crippen molar-refractivity contribution in [2.24, 2.45) is 0 Å². The third-order valence-corrected chi connectivity index (χ3v) is 2.64. The number of carboxylic acids is 1. The second-order valence-corrected chi connectivity index (χ2v) is 3.52. The molecule has 1 aromatic heterocycles. The molecular weight excluding hydrogens is 309 g/mol. The minimum absolute atomic E-state index is 0. The first-order chi connectivity index (χ1) is 6.20. The van der Waals surface area contributed by atoms with Crippen LogP contribution in [0.2, 0.25) is 0 Å². The van der Waals surface area contributed by atoms with Gasteiger partial charge < -0.3 is 15.0 Å². The van der Waals surface area contributed by atoms with Gasteiger partial charge in [-0.05, 0) is 15.9 Å². The summed E-state index contributed by atoms with van der Waals surface area (Å²) in [4.78, 5) is 14.7. The zero-order valence-electron chi connectivity index (χ0n) is 7.57. The van der Waals surface area contributed by atoms with Crippen LogP contribution in [0.4, 0.5) is 0 Å². The molecule has 8 heteroatoms. The van der Waals surface area contributed by atoms with Crippen molar-refractivity contribution >= 4 is 46.7 Å². The number of aromatic carboxylic acids is 1. The molecule has 0 saturated carbocycles. The zero-order valence-corrected chi connectivity index (χ0v) is 10.8. The van der Waals surface area contributed by atoms with Crippen molar-refractivity contribution in [2.75, 3.05) is 6.54 Å². The Kier molecular flexibility index (Phi) is 5.58. The fourth-order valence-corrected chi connectivity index (χ4v) is 2.00. The molecular formula is C7H10BrCl2N3O2. The summed E-state index contributed by atoms with van der Waals surface area (Å²) in [7, 11) is 0. The van der Waals surface area contributed by atoms with Gasteiger partial charge in [-0.1, -0.05) is 0 Å². The van der Waals surface area contributed by atoms with Gasteiger partial charge >= 0.3 is 5.97 Å². The molecule has 15 heavy (non-hydrogen) atoms. The molecule has 0 aromatic carbocycles. The van der Waals surface area contributed by atoms with E-state index >= 15 is 0 Å². The zero-order chi connectivity index (χ0) is 9.42. The van der Waals surface area contributed by atoms with E-state index in [1.165, 1.54) is 0 Å². The van der Waals surface area contributed by atoms with Gasteiger partial charge in [0.05, 0.1) is 5.69 Å². The summed E-state index contributed by atoms with van der Waals surface area (Å²) in [5.74, 6) is -0.974. The summed E-state index contributed by atoms with van der Waals surface area (Å²) in [5, 5.41) is 11.9. The van der Waals surface area contributed by atoms with E-state index < -0.39 is 5.97 Å². The molecule has 0 aliphatic carbocycles. The van der Waals surface area contributed by atoms with Crippen molar-refractivity contribution in [2.45, 2.75) is 13.1 Å². The van der Waals surface area contributed by atoms with Crippen LogP contribution < -0.4 is 5.32 Å². The lowest BCUT2D eigenvalue weighted by molar-refractivity contribution is 0.0689. The largest absolute Gasteiger partial charge is 0.476 e. The van der Waals surface area contributed by atoms with Crippen molar-refractivity contribution in [1.82, 2.24) is 14.9 Å². The Hall–Kier alpha value is -0.300. The highest BCUT2D eigenvalue weighted by Crippen LogP contribution is 2.18. The highest BCUT2D eigenvalue weighted by molar-refractivity contribution is 9.10. The minimum atomic E-state index is -0.974. The second-order valence-electron chi connectivity index (χ2n) is 2.81. The van der Waals surface area contributed by atoms with E-state index in [-0.39, 0.29) is 30.5 Å². The SMILES string of the molecule is Cl.Cl.O=C(O)c1nc(Br)n2c1CNCC2. The van der Waals surface area contributed by atoms with E-state index in [4.69, 9.17) is 5.11 Å². The van der Waals surface area contributed by atoms with Gasteiger partial charge in [0.25, 0.3) is 0 Å². The fourth-order valence-electron chi connectivity index (χ4n) is 1.43. The number of halogens is 3. The van der Waals surface area contributed by atoms with Gasteiger partial charge in [0.15, 0.2) is 10.4 Å². The normalized spacial score (nSPS) is 13.4. The van der Waals surface area contributed by atoms with Gasteiger partial charge in [-0.25, -0.2) is 9.78 Å². The molecule has 0 fully saturated rings. The lowest BCUT2D eigenvalue weighted by Crippen LogP contribution is -2.28. The molecule has 2 N–H and O–H groups in total. The first-order valence-corrected chi connectivity index (χ1v) is 4.68. The van der Waals surface area contributed by atoms with Crippen LogP contribution in [-0.2, 0) is 13.1 Å². The Morgan fingerprint density at radius 1 is 1.53 bits per heavy atom. The average Bonchev–Trinajstić information content (AvgIpc) is 2.45.